The van der Waals surface area contributed by atoms with Gasteiger partial charge in [0.1, 0.15) is 5.75 Å². The first-order chi connectivity index (χ1) is 15.8. The molecule has 2 heterocycles. The number of hydrogen-bond donors (Lipinski definition) is 0. The van der Waals surface area contributed by atoms with Gasteiger partial charge in [-0.25, -0.2) is 0 Å². The van der Waals surface area contributed by atoms with Crippen molar-refractivity contribution in [3.63, 3.8) is 0 Å². The Morgan fingerprint density at radius 3 is 2.24 bits per heavy atom. The maximum Gasteiger partial charge on any atom is 0.260 e. The molecule has 3 aromatic rings. The third-order valence-electron chi connectivity index (χ3n) is 6.42. The minimum atomic E-state index is 0.0159. The second-order valence-corrected chi connectivity index (χ2v) is 8.95. The van der Waals surface area contributed by atoms with Gasteiger partial charge in [0.25, 0.3) is 5.91 Å². The zero-order valence-corrected chi connectivity index (χ0v) is 20.2. The first-order valence-electron chi connectivity index (χ1n) is 11.5. The second kappa shape index (κ2) is 9.61. The number of hydrogen-bond acceptors (Lipinski definition) is 5. The van der Waals surface area contributed by atoms with Gasteiger partial charge in [-0.3, -0.25) is 4.79 Å². The summed E-state index contributed by atoms with van der Waals surface area (Å²) >= 11 is 0. The summed E-state index contributed by atoms with van der Waals surface area (Å²) in [4.78, 5) is 16.7. The first-order valence-corrected chi connectivity index (χ1v) is 11.5. The average molecular weight is 445 g/mol. The Labute approximate surface area is 196 Å². The van der Waals surface area contributed by atoms with Gasteiger partial charge in [-0.1, -0.05) is 18.2 Å². The van der Waals surface area contributed by atoms with Gasteiger partial charge < -0.3 is 14.5 Å². The number of carbonyl (C=O) groups excluding carboxylic acids is 1. The standard InChI is InChI=1S/C27H32N4O2/c1-18-6-7-19(2)25(14-18)33-17-27(32)31-12-10-30(11-13-31)26-9-8-24(28-29-26)23-16-21(4)20(3)15-22(23)5/h6-9,14-16H,10-13,17H2,1-5H3. The lowest BCUT2D eigenvalue weighted by Crippen LogP contribution is -2.50. The smallest absolute Gasteiger partial charge is 0.260 e. The zero-order chi connectivity index (χ0) is 23.5. The second-order valence-electron chi connectivity index (χ2n) is 8.95. The highest BCUT2D eigenvalue weighted by molar-refractivity contribution is 5.78. The van der Waals surface area contributed by atoms with Crippen LogP contribution in [0.1, 0.15) is 27.8 Å². The molecule has 4 rings (SSSR count). The fourth-order valence-corrected chi connectivity index (χ4v) is 4.15. The van der Waals surface area contributed by atoms with Gasteiger partial charge in [0.05, 0.1) is 5.69 Å². The minimum Gasteiger partial charge on any atom is -0.483 e. The van der Waals surface area contributed by atoms with Crippen molar-refractivity contribution in [2.24, 2.45) is 0 Å². The van der Waals surface area contributed by atoms with E-state index in [1.54, 1.807) is 0 Å². The van der Waals surface area contributed by atoms with Crippen LogP contribution in [-0.2, 0) is 4.79 Å². The molecule has 0 N–H and O–H groups in total. The molecule has 1 aliphatic heterocycles. The lowest BCUT2D eigenvalue weighted by atomic mass is 9.99. The van der Waals surface area contributed by atoms with Crippen LogP contribution in [0.15, 0.2) is 42.5 Å². The van der Waals surface area contributed by atoms with E-state index in [1.165, 1.54) is 16.7 Å². The zero-order valence-electron chi connectivity index (χ0n) is 20.2. The van der Waals surface area contributed by atoms with Gasteiger partial charge >= 0.3 is 0 Å². The number of aromatic nitrogens is 2. The maximum absolute atomic E-state index is 12.7. The largest absolute Gasteiger partial charge is 0.483 e. The molecule has 6 nitrogen and oxygen atoms in total. The normalized spacial score (nSPS) is 13.8. The topological polar surface area (TPSA) is 58.6 Å². The lowest BCUT2D eigenvalue weighted by molar-refractivity contribution is -0.133. The van der Waals surface area contributed by atoms with E-state index in [-0.39, 0.29) is 12.5 Å². The maximum atomic E-state index is 12.7. The van der Waals surface area contributed by atoms with Crippen molar-refractivity contribution in [3.8, 4) is 17.0 Å². The Hall–Kier alpha value is -3.41. The number of nitrogens with zero attached hydrogens (tertiary/aromatic N) is 4. The van der Waals surface area contributed by atoms with E-state index in [4.69, 9.17) is 4.74 Å². The monoisotopic (exact) mass is 444 g/mol. The molecule has 2 aromatic carbocycles. The molecule has 0 aliphatic carbocycles. The summed E-state index contributed by atoms with van der Waals surface area (Å²) in [7, 11) is 0. The molecule has 1 aliphatic rings. The Morgan fingerprint density at radius 1 is 0.818 bits per heavy atom. The molecule has 0 bridgehead atoms. The van der Waals surface area contributed by atoms with Crippen molar-refractivity contribution >= 4 is 11.7 Å². The molecule has 1 saturated heterocycles. The van der Waals surface area contributed by atoms with Gasteiger partial charge in [0.15, 0.2) is 12.4 Å². The van der Waals surface area contributed by atoms with Crippen molar-refractivity contribution in [2.45, 2.75) is 34.6 Å². The molecule has 0 saturated carbocycles. The molecule has 0 spiro atoms. The van der Waals surface area contributed by atoms with Crippen LogP contribution in [0, 0.1) is 34.6 Å². The predicted octanol–water partition coefficient (Wildman–Crippen LogP) is 4.41. The molecule has 1 aromatic heterocycles. The molecule has 1 fully saturated rings. The van der Waals surface area contributed by atoms with Crippen LogP contribution >= 0.6 is 0 Å². The SMILES string of the molecule is Cc1ccc(C)c(OCC(=O)N2CCN(c3ccc(-c4cc(C)c(C)cc4C)nn3)CC2)c1. The first kappa shape index (κ1) is 22.8. The third kappa shape index (κ3) is 5.16. The molecule has 0 radical (unpaired) electrons. The van der Waals surface area contributed by atoms with Crippen LogP contribution in [-0.4, -0.2) is 53.8 Å². The number of benzene rings is 2. The van der Waals surface area contributed by atoms with Crippen molar-refractivity contribution in [2.75, 3.05) is 37.7 Å². The Morgan fingerprint density at radius 2 is 1.55 bits per heavy atom. The Bertz CT molecular complexity index is 1150. The number of amides is 1. The summed E-state index contributed by atoms with van der Waals surface area (Å²) in [6.45, 7) is 13.2. The highest BCUT2D eigenvalue weighted by Crippen LogP contribution is 2.26. The summed E-state index contributed by atoms with van der Waals surface area (Å²) in [6, 6.07) is 14.5. The Kier molecular flexibility index (Phi) is 6.63. The molecule has 0 atom stereocenters. The number of carbonyl (C=O) groups is 1. The van der Waals surface area contributed by atoms with Gasteiger partial charge in [0.2, 0.25) is 0 Å². The van der Waals surface area contributed by atoms with E-state index < -0.39 is 0 Å². The predicted molar refractivity (Wildman–Crippen MR) is 132 cm³/mol. The molecule has 6 heteroatoms. The fraction of sp³-hybridized carbons (Fsp3) is 0.370. The molecule has 33 heavy (non-hydrogen) atoms. The van der Waals surface area contributed by atoms with Crippen molar-refractivity contribution in [3.05, 3.63) is 70.3 Å². The molecular formula is C27H32N4O2. The van der Waals surface area contributed by atoms with Gasteiger partial charge in [-0.2, -0.15) is 0 Å². The van der Waals surface area contributed by atoms with Crippen LogP contribution in [0.3, 0.4) is 0 Å². The molecule has 172 valence electrons. The summed E-state index contributed by atoms with van der Waals surface area (Å²) in [6.07, 6.45) is 0. The van der Waals surface area contributed by atoms with E-state index in [1.807, 2.05) is 49.1 Å². The fourth-order valence-electron chi connectivity index (χ4n) is 4.15. The number of aryl methyl sites for hydroxylation is 5. The van der Waals surface area contributed by atoms with Crippen LogP contribution in [0.5, 0.6) is 5.75 Å². The third-order valence-corrected chi connectivity index (χ3v) is 6.42. The molecule has 1 amide bonds. The van der Waals surface area contributed by atoms with Crippen molar-refractivity contribution in [1.29, 1.82) is 0 Å². The van der Waals surface area contributed by atoms with E-state index in [2.05, 4.69) is 48.0 Å². The Balaban J connectivity index is 1.33. The van der Waals surface area contributed by atoms with E-state index in [9.17, 15) is 4.79 Å². The number of rotatable bonds is 5. The van der Waals surface area contributed by atoms with Crippen LogP contribution < -0.4 is 9.64 Å². The molecular weight excluding hydrogens is 412 g/mol. The lowest BCUT2D eigenvalue weighted by Gasteiger charge is -2.35. The minimum absolute atomic E-state index is 0.0159. The van der Waals surface area contributed by atoms with Crippen LogP contribution in [0.4, 0.5) is 5.82 Å². The van der Waals surface area contributed by atoms with E-state index >= 15 is 0 Å². The molecule has 0 unspecified atom stereocenters. The summed E-state index contributed by atoms with van der Waals surface area (Å²) < 4.78 is 5.80. The van der Waals surface area contributed by atoms with Crippen molar-refractivity contribution in [1.82, 2.24) is 15.1 Å². The number of anilines is 1. The highest BCUT2D eigenvalue weighted by atomic mass is 16.5. The number of ether oxygens (including phenoxy) is 1. The van der Waals surface area contributed by atoms with Crippen LogP contribution in [0.25, 0.3) is 11.3 Å². The van der Waals surface area contributed by atoms with Gasteiger partial charge in [-0.15, -0.1) is 10.2 Å². The summed E-state index contributed by atoms with van der Waals surface area (Å²) in [5.41, 5.74) is 7.91. The van der Waals surface area contributed by atoms with Gasteiger partial charge in [0, 0.05) is 31.7 Å². The van der Waals surface area contributed by atoms with Crippen molar-refractivity contribution < 1.29 is 9.53 Å². The highest BCUT2D eigenvalue weighted by Gasteiger charge is 2.23. The number of piperazine rings is 1. The van der Waals surface area contributed by atoms with Gasteiger partial charge in [-0.05, 0) is 86.7 Å². The summed E-state index contributed by atoms with van der Waals surface area (Å²) in [5, 5.41) is 8.98. The average Bonchev–Trinajstić information content (AvgIpc) is 2.82. The quantitative estimate of drug-likeness (QED) is 0.583. The van der Waals surface area contributed by atoms with Crippen LogP contribution in [0.2, 0.25) is 0 Å². The van der Waals surface area contributed by atoms with E-state index in [0.29, 0.717) is 13.1 Å². The summed E-state index contributed by atoms with van der Waals surface area (Å²) in [5.74, 6) is 1.64. The van der Waals surface area contributed by atoms with E-state index in [0.717, 1.165) is 47.0 Å².